The van der Waals surface area contributed by atoms with Crippen LogP contribution in [-0.2, 0) is 9.59 Å². The van der Waals surface area contributed by atoms with E-state index >= 15 is 0 Å². The highest BCUT2D eigenvalue weighted by atomic mass is 16.4. The molecule has 0 aliphatic carbocycles. The Morgan fingerprint density at radius 3 is 2.50 bits per heavy atom. The molecule has 0 bridgehead atoms. The molecule has 22 heavy (non-hydrogen) atoms. The van der Waals surface area contributed by atoms with Crippen LogP contribution in [0.2, 0.25) is 0 Å². The monoisotopic (exact) mass is 304 g/mol. The fourth-order valence-corrected chi connectivity index (χ4v) is 1.76. The van der Waals surface area contributed by atoms with Crippen LogP contribution >= 0.6 is 0 Å². The number of hydrogen-bond acceptors (Lipinski definition) is 5. The van der Waals surface area contributed by atoms with E-state index in [9.17, 15) is 9.59 Å². The van der Waals surface area contributed by atoms with Crippen LogP contribution in [0.15, 0.2) is 22.6 Å². The number of carbonyl (C=O) groups excluding carboxylic acids is 2. The molecule has 2 aromatic rings. The number of nitrogens with zero attached hydrogens (tertiary/aromatic N) is 3. The summed E-state index contributed by atoms with van der Waals surface area (Å²) in [6.45, 7) is 3.69. The molecular weight excluding hydrogens is 284 g/mol. The van der Waals surface area contributed by atoms with Crippen LogP contribution in [0.25, 0.3) is 11.1 Å². The number of fused-ring (bicyclic) bond motifs is 1. The minimum absolute atomic E-state index is 0.0427. The molecular formula is C15H20N4O3. The van der Waals surface area contributed by atoms with Crippen molar-refractivity contribution in [2.45, 2.75) is 19.9 Å². The molecule has 0 spiro atoms. The predicted molar refractivity (Wildman–Crippen MR) is 84.9 cm³/mol. The van der Waals surface area contributed by atoms with E-state index < -0.39 is 11.8 Å². The van der Waals surface area contributed by atoms with Crippen LogP contribution in [0.1, 0.15) is 13.8 Å². The molecule has 0 radical (unpaired) electrons. The Kier molecular flexibility index (Phi) is 4.35. The number of nitrogens with one attached hydrogen (secondary N) is 1. The molecule has 1 heterocycles. The highest BCUT2D eigenvalue weighted by molar-refractivity contribution is 6.39. The zero-order valence-corrected chi connectivity index (χ0v) is 13.4. The van der Waals surface area contributed by atoms with Crippen molar-refractivity contribution in [2.75, 3.05) is 31.4 Å². The van der Waals surface area contributed by atoms with E-state index in [0.717, 1.165) is 0 Å². The van der Waals surface area contributed by atoms with E-state index in [-0.39, 0.29) is 6.04 Å². The summed E-state index contributed by atoms with van der Waals surface area (Å²) >= 11 is 0. The van der Waals surface area contributed by atoms with Gasteiger partial charge in [-0.15, -0.1) is 0 Å². The van der Waals surface area contributed by atoms with Crippen LogP contribution in [0.5, 0.6) is 0 Å². The first-order chi connectivity index (χ1) is 10.3. The van der Waals surface area contributed by atoms with Gasteiger partial charge in [0.1, 0.15) is 5.52 Å². The summed E-state index contributed by atoms with van der Waals surface area (Å²) in [5, 5.41) is 2.58. The topological polar surface area (TPSA) is 78.7 Å². The third kappa shape index (κ3) is 3.19. The standard InChI is InChI=1S/C15H20N4O3/c1-9(2)19(5)14(21)13(20)16-10-6-7-12-11(8-10)17-15(22-12)18(3)4/h6-9H,1-5H3,(H,16,20). The highest BCUT2D eigenvalue weighted by Gasteiger charge is 2.21. The fraction of sp³-hybridized carbons (Fsp3) is 0.400. The second-order valence-corrected chi connectivity index (χ2v) is 5.54. The molecule has 0 aliphatic rings. The SMILES string of the molecule is CC(C)N(C)C(=O)C(=O)Nc1ccc2oc(N(C)C)nc2c1. The number of carbonyl (C=O) groups is 2. The first kappa shape index (κ1) is 15.8. The molecule has 0 atom stereocenters. The van der Waals surface area contributed by atoms with Crippen LogP contribution < -0.4 is 10.2 Å². The van der Waals surface area contributed by atoms with Gasteiger partial charge in [-0.3, -0.25) is 9.59 Å². The Morgan fingerprint density at radius 2 is 1.91 bits per heavy atom. The molecule has 0 saturated heterocycles. The lowest BCUT2D eigenvalue weighted by Gasteiger charge is -2.20. The number of aromatic nitrogens is 1. The quantitative estimate of drug-likeness (QED) is 0.873. The minimum atomic E-state index is -0.674. The van der Waals surface area contributed by atoms with E-state index in [2.05, 4.69) is 10.3 Å². The zero-order chi connectivity index (χ0) is 16.4. The van der Waals surface area contributed by atoms with E-state index in [4.69, 9.17) is 4.42 Å². The molecule has 1 aromatic carbocycles. The van der Waals surface area contributed by atoms with Crippen LogP contribution in [0.3, 0.4) is 0 Å². The van der Waals surface area contributed by atoms with Gasteiger partial charge in [0.25, 0.3) is 6.01 Å². The largest absolute Gasteiger partial charge is 0.423 e. The Balaban J connectivity index is 2.18. The highest BCUT2D eigenvalue weighted by Crippen LogP contribution is 2.23. The normalized spacial score (nSPS) is 10.8. The van der Waals surface area contributed by atoms with E-state index in [0.29, 0.717) is 22.8 Å². The maximum absolute atomic E-state index is 12.0. The van der Waals surface area contributed by atoms with Crippen molar-refractivity contribution < 1.29 is 14.0 Å². The molecule has 7 heteroatoms. The van der Waals surface area contributed by atoms with Gasteiger partial charge in [-0.1, -0.05) is 0 Å². The number of benzene rings is 1. The molecule has 118 valence electrons. The van der Waals surface area contributed by atoms with Crippen molar-refractivity contribution in [2.24, 2.45) is 0 Å². The number of amides is 2. The van der Waals surface area contributed by atoms with Crippen LogP contribution in [-0.4, -0.2) is 48.9 Å². The lowest BCUT2D eigenvalue weighted by molar-refractivity contribution is -0.143. The summed E-state index contributed by atoms with van der Waals surface area (Å²) in [6.07, 6.45) is 0. The molecule has 0 aliphatic heterocycles. The van der Waals surface area contributed by atoms with Gasteiger partial charge >= 0.3 is 11.8 Å². The van der Waals surface area contributed by atoms with E-state index in [1.807, 2.05) is 27.9 Å². The van der Waals surface area contributed by atoms with Crippen molar-refractivity contribution in [1.82, 2.24) is 9.88 Å². The number of anilines is 2. The van der Waals surface area contributed by atoms with E-state index in [1.165, 1.54) is 4.90 Å². The molecule has 7 nitrogen and oxygen atoms in total. The van der Waals surface area contributed by atoms with Crippen molar-refractivity contribution in [3.8, 4) is 0 Å². The first-order valence-corrected chi connectivity index (χ1v) is 6.95. The molecule has 0 fully saturated rings. The molecule has 2 rings (SSSR count). The zero-order valence-electron chi connectivity index (χ0n) is 13.4. The predicted octanol–water partition coefficient (Wildman–Crippen LogP) is 1.70. The van der Waals surface area contributed by atoms with Gasteiger partial charge < -0.3 is 19.5 Å². The van der Waals surface area contributed by atoms with Crippen molar-refractivity contribution >= 4 is 34.6 Å². The number of likely N-dealkylation sites (N-methyl/N-ethyl adjacent to an activating group) is 1. The van der Waals surface area contributed by atoms with E-state index in [1.54, 1.807) is 30.1 Å². The molecule has 1 N–H and O–H groups in total. The first-order valence-electron chi connectivity index (χ1n) is 6.95. The smallest absolute Gasteiger partial charge is 0.313 e. The van der Waals surface area contributed by atoms with Crippen LogP contribution in [0.4, 0.5) is 11.7 Å². The Morgan fingerprint density at radius 1 is 1.23 bits per heavy atom. The number of rotatable bonds is 3. The van der Waals surface area contributed by atoms with Crippen molar-refractivity contribution in [1.29, 1.82) is 0 Å². The molecule has 0 unspecified atom stereocenters. The summed E-state index contributed by atoms with van der Waals surface area (Å²) in [4.78, 5) is 31.3. The second kappa shape index (κ2) is 6.05. The Bertz CT molecular complexity index is 706. The lowest BCUT2D eigenvalue weighted by Crippen LogP contribution is -2.40. The molecule has 0 saturated carbocycles. The summed E-state index contributed by atoms with van der Waals surface area (Å²) in [5.74, 6) is -1.25. The van der Waals surface area contributed by atoms with Gasteiger partial charge in [-0.05, 0) is 32.0 Å². The maximum atomic E-state index is 12.0. The Hall–Kier alpha value is -2.57. The third-order valence-corrected chi connectivity index (χ3v) is 3.31. The summed E-state index contributed by atoms with van der Waals surface area (Å²) < 4.78 is 5.53. The number of oxazole rings is 1. The minimum Gasteiger partial charge on any atom is -0.423 e. The average molecular weight is 304 g/mol. The Labute approximate surface area is 128 Å². The van der Waals surface area contributed by atoms with Gasteiger partial charge in [0.15, 0.2) is 5.58 Å². The molecule has 1 aromatic heterocycles. The van der Waals surface area contributed by atoms with Gasteiger partial charge in [0.2, 0.25) is 0 Å². The van der Waals surface area contributed by atoms with Gasteiger partial charge in [0, 0.05) is 32.9 Å². The average Bonchev–Trinajstić information content (AvgIpc) is 2.88. The van der Waals surface area contributed by atoms with Crippen molar-refractivity contribution in [3.05, 3.63) is 18.2 Å². The maximum Gasteiger partial charge on any atom is 0.313 e. The lowest BCUT2D eigenvalue weighted by atomic mass is 10.2. The summed E-state index contributed by atoms with van der Waals surface area (Å²) in [6, 6.07) is 5.49. The van der Waals surface area contributed by atoms with Crippen molar-refractivity contribution in [3.63, 3.8) is 0 Å². The third-order valence-electron chi connectivity index (χ3n) is 3.31. The van der Waals surface area contributed by atoms with Crippen LogP contribution in [0, 0.1) is 0 Å². The fourth-order valence-electron chi connectivity index (χ4n) is 1.76. The van der Waals surface area contributed by atoms with Gasteiger partial charge in [-0.2, -0.15) is 4.98 Å². The summed E-state index contributed by atoms with van der Waals surface area (Å²) in [5.41, 5.74) is 1.74. The molecule has 2 amide bonds. The van der Waals surface area contributed by atoms with Gasteiger partial charge in [0.05, 0.1) is 0 Å². The number of hydrogen-bond donors (Lipinski definition) is 1. The second-order valence-electron chi connectivity index (χ2n) is 5.54. The van der Waals surface area contributed by atoms with Gasteiger partial charge in [-0.25, -0.2) is 0 Å². The summed E-state index contributed by atoms with van der Waals surface area (Å²) in [7, 11) is 5.25.